The van der Waals surface area contributed by atoms with Crippen molar-refractivity contribution in [2.45, 2.75) is 42.9 Å². The molecule has 0 spiro atoms. The second-order valence-electron chi connectivity index (χ2n) is 7.37. The summed E-state index contributed by atoms with van der Waals surface area (Å²) in [7, 11) is 0. The molecule has 0 amide bonds. The summed E-state index contributed by atoms with van der Waals surface area (Å²) in [4.78, 5) is 12.3. The number of rotatable bonds is 5. The van der Waals surface area contributed by atoms with Gasteiger partial charge in [-0.05, 0) is 77.3 Å². The van der Waals surface area contributed by atoms with Gasteiger partial charge in [-0.3, -0.25) is 4.79 Å². The van der Waals surface area contributed by atoms with E-state index in [1.54, 1.807) is 6.26 Å². The third-order valence-corrected chi connectivity index (χ3v) is 6.77. The Morgan fingerprint density at radius 2 is 2.07 bits per heavy atom. The Morgan fingerprint density at radius 1 is 1.32 bits per heavy atom. The third kappa shape index (κ3) is 3.54. The molecule has 0 radical (unpaired) electrons. The molecule has 0 fully saturated rings. The molecular formula is C22H22ClNO3S. The minimum Gasteiger partial charge on any atom is -0.612 e. The van der Waals surface area contributed by atoms with Gasteiger partial charge in [0.2, 0.25) is 0 Å². The molecule has 4 rings (SSSR count). The predicted molar refractivity (Wildman–Crippen MR) is 112 cm³/mol. The smallest absolute Gasteiger partial charge is 0.303 e. The molecule has 6 heteroatoms. The van der Waals surface area contributed by atoms with Crippen LogP contribution >= 0.6 is 11.6 Å². The van der Waals surface area contributed by atoms with E-state index in [1.165, 1.54) is 5.69 Å². The number of aliphatic carboxylic acids is 1. The largest absolute Gasteiger partial charge is 0.612 e. The second kappa shape index (κ2) is 7.82. The van der Waals surface area contributed by atoms with Crippen molar-refractivity contribution in [3.05, 3.63) is 70.0 Å². The fourth-order valence-corrected chi connectivity index (χ4v) is 5.36. The summed E-state index contributed by atoms with van der Waals surface area (Å²) in [6.07, 6.45) is 7.25. The number of carboxylic acids is 1. The fourth-order valence-electron chi connectivity index (χ4n) is 4.47. The lowest BCUT2D eigenvalue weighted by atomic mass is 9.81. The van der Waals surface area contributed by atoms with E-state index < -0.39 is 17.1 Å². The van der Waals surface area contributed by atoms with Crippen LogP contribution in [0.1, 0.15) is 47.6 Å². The molecule has 0 saturated heterocycles. The van der Waals surface area contributed by atoms with Gasteiger partial charge in [-0.15, -0.1) is 0 Å². The number of hydrogen-bond donors (Lipinski definition) is 1. The molecule has 2 atom stereocenters. The van der Waals surface area contributed by atoms with Gasteiger partial charge in [-0.25, -0.2) is 0 Å². The van der Waals surface area contributed by atoms with E-state index in [9.17, 15) is 14.5 Å². The van der Waals surface area contributed by atoms with Crippen LogP contribution in [0.5, 0.6) is 0 Å². The Morgan fingerprint density at radius 3 is 2.75 bits per heavy atom. The topological polar surface area (TPSA) is 64.8 Å². The van der Waals surface area contributed by atoms with Crippen LogP contribution in [-0.4, -0.2) is 26.3 Å². The maximum absolute atomic E-state index is 12.5. The Bertz CT molecular complexity index is 1030. The van der Waals surface area contributed by atoms with E-state index in [0.29, 0.717) is 11.4 Å². The van der Waals surface area contributed by atoms with Crippen molar-refractivity contribution in [2.75, 3.05) is 6.26 Å². The van der Waals surface area contributed by atoms with Crippen LogP contribution in [0.15, 0.2) is 47.5 Å². The number of aromatic nitrogens is 1. The molecule has 1 aliphatic carbocycles. The summed E-state index contributed by atoms with van der Waals surface area (Å²) in [6, 6.07) is 11.6. The zero-order chi connectivity index (χ0) is 19.8. The molecule has 3 aromatic rings. The lowest BCUT2D eigenvalue weighted by Crippen LogP contribution is -2.14. The van der Waals surface area contributed by atoms with Crippen molar-refractivity contribution < 1.29 is 14.5 Å². The van der Waals surface area contributed by atoms with Crippen molar-refractivity contribution >= 4 is 34.3 Å². The number of halogens is 1. The monoisotopic (exact) mass is 415 g/mol. The number of pyridine rings is 1. The van der Waals surface area contributed by atoms with Gasteiger partial charge in [-0.2, -0.15) is 0 Å². The molecule has 1 aliphatic rings. The Hall–Kier alpha value is -1.95. The zero-order valence-corrected chi connectivity index (χ0v) is 17.2. The Kier molecular flexibility index (Phi) is 5.41. The highest BCUT2D eigenvalue weighted by molar-refractivity contribution is 7.91. The van der Waals surface area contributed by atoms with Gasteiger partial charge in [0.05, 0.1) is 6.42 Å². The maximum atomic E-state index is 12.5. The van der Waals surface area contributed by atoms with Crippen LogP contribution in [0.3, 0.4) is 0 Å². The van der Waals surface area contributed by atoms with E-state index in [1.807, 2.05) is 42.6 Å². The number of aryl methyl sites for hydroxylation is 1. The normalized spacial score (nSPS) is 17.5. The van der Waals surface area contributed by atoms with Gasteiger partial charge >= 0.3 is 5.97 Å². The first-order valence-electron chi connectivity index (χ1n) is 9.40. The van der Waals surface area contributed by atoms with Gasteiger partial charge in [-0.1, -0.05) is 23.7 Å². The zero-order valence-electron chi connectivity index (χ0n) is 15.7. The predicted octanol–water partition coefficient (Wildman–Crippen LogP) is 4.82. The number of fused-ring (bicyclic) bond motifs is 3. The number of benzene rings is 1. The second-order valence-corrected chi connectivity index (χ2v) is 9.16. The van der Waals surface area contributed by atoms with Gasteiger partial charge in [0, 0.05) is 23.3 Å². The average Bonchev–Trinajstić information content (AvgIpc) is 2.98. The number of carboxylic acid groups (broad SMARTS) is 1. The molecule has 4 nitrogen and oxygen atoms in total. The van der Waals surface area contributed by atoms with Crippen molar-refractivity contribution in [1.29, 1.82) is 0 Å². The maximum Gasteiger partial charge on any atom is 0.303 e. The molecule has 1 N–H and O–H groups in total. The van der Waals surface area contributed by atoms with Gasteiger partial charge < -0.3 is 14.1 Å². The molecular weight excluding hydrogens is 394 g/mol. The lowest BCUT2D eigenvalue weighted by Gasteiger charge is -2.23. The standard InChI is InChI=1S/C22H22ClNO3S/c1-28(27)19-6-3-11-24-18-5-2-4-15(13-20(25)26)21(18)17(22(19)24)12-14-7-9-16(23)10-8-14/h3,6-11,15H,2,4-5,12-13H2,1H3,(H,25,26). The van der Waals surface area contributed by atoms with Gasteiger partial charge in [0.15, 0.2) is 4.90 Å². The Labute approximate surface area is 172 Å². The minimum atomic E-state index is -1.13. The van der Waals surface area contributed by atoms with Crippen LogP contribution in [0.4, 0.5) is 0 Å². The summed E-state index contributed by atoms with van der Waals surface area (Å²) in [5, 5.41) is 10.1. The molecule has 0 bridgehead atoms. The SMILES string of the molecule is C[S+]([O-])c1cccn2c3c(c(Cc4ccc(Cl)cc4)c12)C(CC(=O)O)CCC3. The summed E-state index contributed by atoms with van der Waals surface area (Å²) >= 11 is 4.91. The number of carbonyl (C=O) groups is 1. The highest BCUT2D eigenvalue weighted by Crippen LogP contribution is 2.42. The van der Waals surface area contributed by atoms with Crippen molar-refractivity contribution in [1.82, 2.24) is 4.40 Å². The minimum absolute atomic E-state index is 0.0124. The Balaban J connectivity index is 1.96. The highest BCUT2D eigenvalue weighted by Gasteiger charge is 2.31. The molecule has 2 unspecified atom stereocenters. The quantitative estimate of drug-likeness (QED) is 0.608. The lowest BCUT2D eigenvalue weighted by molar-refractivity contribution is -0.137. The average molecular weight is 416 g/mol. The molecule has 0 saturated carbocycles. The molecule has 146 valence electrons. The first-order valence-corrected chi connectivity index (χ1v) is 11.3. The summed E-state index contributed by atoms with van der Waals surface area (Å²) in [5.74, 6) is -0.786. The van der Waals surface area contributed by atoms with Crippen molar-refractivity contribution in [3.8, 4) is 0 Å². The van der Waals surface area contributed by atoms with Crippen molar-refractivity contribution in [2.24, 2.45) is 0 Å². The molecule has 2 aromatic heterocycles. The van der Waals surface area contributed by atoms with E-state index in [0.717, 1.165) is 46.4 Å². The van der Waals surface area contributed by atoms with E-state index in [4.69, 9.17) is 11.6 Å². The fraction of sp³-hybridized carbons (Fsp3) is 0.318. The van der Waals surface area contributed by atoms with Crippen LogP contribution in [0.2, 0.25) is 5.02 Å². The van der Waals surface area contributed by atoms with E-state index in [-0.39, 0.29) is 12.3 Å². The molecule has 2 heterocycles. The summed E-state index contributed by atoms with van der Waals surface area (Å²) in [6.45, 7) is 0. The first-order chi connectivity index (χ1) is 13.5. The highest BCUT2D eigenvalue weighted by atomic mass is 35.5. The summed E-state index contributed by atoms with van der Waals surface area (Å²) in [5.41, 5.74) is 5.50. The van der Waals surface area contributed by atoms with Gasteiger partial charge in [0.25, 0.3) is 0 Å². The van der Waals surface area contributed by atoms with Crippen molar-refractivity contribution in [3.63, 3.8) is 0 Å². The van der Waals surface area contributed by atoms with Gasteiger partial charge in [0.1, 0.15) is 11.8 Å². The van der Waals surface area contributed by atoms with E-state index in [2.05, 4.69) is 4.40 Å². The van der Waals surface area contributed by atoms with Crippen LogP contribution in [0, 0.1) is 0 Å². The molecule has 0 aliphatic heterocycles. The number of nitrogens with zero attached hydrogens (tertiary/aromatic N) is 1. The molecule has 1 aromatic carbocycles. The van der Waals surface area contributed by atoms with Crippen LogP contribution < -0.4 is 0 Å². The first kappa shape index (κ1) is 19.4. The van der Waals surface area contributed by atoms with Crippen LogP contribution in [0.25, 0.3) is 5.52 Å². The molecule has 28 heavy (non-hydrogen) atoms. The van der Waals surface area contributed by atoms with E-state index >= 15 is 0 Å². The number of hydrogen-bond acceptors (Lipinski definition) is 2. The third-order valence-electron chi connectivity index (χ3n) is 5.57. The van der Waals surface area contributed by atoms with Crippen LogP contribution in [-0.2, 0) is 28.8 Å². The summed E-state index contributed by atoms with van der Waals surface area (Å²) < 4.78 is 14.6.